The lowest BCUT2D eigenvalue weighted by Crippen LogP contribution is -1.94. The lowest BCUT2D eigenvalue weighted by atomic mass is 10.3. The van der Waals surface area contributed by atoms with E-state index in [0.29, 0.717) is 17.0 Å². The van der Waals surface area contributed by atoms with Crippen molar-refractivity contribution in [3.63, 3.8) is 0 Å². The Morgan fingerprint density at radius 1 is 1.16 bits per heavy atom. The summed E-state index contributed by atoms with van der Waals surface area (Å²) in [6.45, 7) is 0. The second-order valence-electron chi connectivity index (χ2n) is 3.62. The Morgan fingerprint density at radius 2 is 1.84 bits per heavy atom. The number of pyridine rings is 1. The molecule has 3 nitrogen and oxygen atoms in total. The standard InChI is InChI=1S/C13H10Br3NO2/c1-18-11-5-10(16)12(6-9(11)15)19-13-8(7-14)3-2-4-17-13/h2-6H,7H2,1H3. The van der Waals surface area contributed by atoms with Gasteiger partial charge in [-0.05, 0) is 50.1 Å². The van der Waals surface area contributed by atoms with Crippen molar-refractivity contribution >= 4 is 47.8 Å². The number of alkyl halides is 1. The van der Waals surface area contributed by atoms with Crippen LogP contribution in [-0.4, -0.2) is 12.1 Å². The average molecular weight is 452 g/mol. The Morgan fingerprint density at radius 3 is 2.53 bits per heavy atom. The summed E-state index contributed by atoms with van der Waals surface area (Å²) >= 11 is 10.3. The van der Waals surface area contributed by atoms with Gasteiger partial charge in [0.25, 0.3) is 0 Å². The van der Waals surface area contributed by atoms with Crippen LogP contribution < -0.4 is 9.47 Å². The van der Waals surface area contributed by atoms with Crippen LogP contribution in [0.3, 0.4) is 0 Å². The van der Waals surface area contributed by atoms with Crippen LogP contribution >= 0.6 is 47.8 Å². The highest BCUT2D eigenvalue weighted by Gasteiger charge is 2.11. The third kappa shape index (κ3) is 3.49. The van der Waals surface area contributed by atoms with E-state index >= 15 is 0 Å². The van der Waals surface area contributed by atoms with Crippen LogP contribution in [0.25, 0.3) is 0 Å². The van der Waals surface area contributed by atoms with Crippen LogP contribution in [0.4, 0.5) is 0 Å². The van der Waals surface area contributed by atoms with E-state index < -0.39 is 0 Å². The molecular formula is C13H10Br3NO2. The number of benzene rings is 1. The summed E-state index contributed by atoms with van der Waals surface area (Å²) in [6.07, 6.45) is 1.70. The number of nitrogens with zero attached hydrogens (tertiary/aromatic N) is 1. The van der Waals surface area contributed by atoms with E-state index in [1.54, 1.807) is 13.3 Å². The SMILES string of the molecule is COc1cc(Br)c(Oc2ncccc2CBr)cc1Br. The number of ether oxygens (including phenoxy) is 2. The fourth-order valence-corrected chi connectivity index (χ4v) is 2.78. The summed E-state index contributed by atoms with van der Waals surface area (Å²) in [5.74, 6) is 1.99. The summed E-state index contributed by atoms with van der Waals surface area (Å²) in [6, 6.07) is 7.53. The first-order chi connectivity index (χ1) is 9.15. The van der Waals surface area contributed by atoms with Crippen molar-refractivity contribution in [3.05, 3.63) is 45.0 Å². The van der Waals surface area contributed by atoms with Gasteiger partial charge >= 0.3 is 0 Å². The molecule has 0 saturated carbocycles. The lowest BCUT2D eigenvalue weighted by Gasteiger charge is -2.12. The molecule has 0 aliphatic heterocycles. The third-order valence-electron chi connectivity index (χ3n) is 2.41. The van der Waals surface area contributed by atoms with Crippen molar-refractivity contribution in [3.8, 4) is 17.4 Å². The minimum absolute atomic E-state index is 0.581. The first-order valence-corrected chi connectivity index (χ1v) is 8.07. The summed E-state index contributed by atoms with van der Waals surface area (Å²) < 4.78 is 12.7. The molecule has 0 N–H and O–H groups in total. The highest BCUT2D eigenvalue weighted by atomic mass is 79.9. The summed E-state index contributed by atoms with van der Waals surface area (Å²) in [5.41, 5.74) is 0.987. The van der Waals surface area contributed by atoms with E-state index in [0.717, 1.165) is 20.3 Å². The van der Waals surface area contributed by atoms with Gasteiger partial charge in [0.1, 0.15) is 11.5 Å². The van der Waals surface area contributed by atoms with Crippen molar-refractivity contribution in [2.24, 2.45) is 0 Å². The second-order valence-corrected chi connectivity index (χ2v) is 5.89. The van der Waals surface area contributed by atoms with Crippen molar-refractivity contribution < 1.29 is 9.47 Å². The van der Waals surface area contributed by atoms with Gasteiger partial charge in [-0.15, -0.1) is 0 Å². The molecule has 0 amide bonds. The molecule has 19 heavy (non-hydrogen) atoms. The Kier molecular flexibility index (Phi) is 5.24. The van der Waals surface area contributed by atoms with Gasteiger partial charge < -0.3 is 9.47 Å². The Bertz CT molecular complexity index is 590. The van der Waals surface area contributed by atoms with E-state index in [1.165, 1.54) is 0 Å². The molecule has 0 fully saturated rings. The molecule has 0 aliphatic rings. The average Bonchev–Trinajstić information content (AvgIpc) is 2.43. The molecule has 0 saturated heterocycles. The highest BCUT2D eigenvalue weighted by molar-refractivity contribution is 9.11. The maximum Gasteiger partial charge on any atom is 0.223 e. The first-order valence-electron chi connectivity index (χ1n) is 5.36. The van der Waals surface area contributed by atoms with Crippen molar-refractivity contribution in [1.82, 2.24) is 4.98 Å². The van der Waals surface area contributed by atoms with Crippen LogP contribution in [0, 0.1) is 0 Å². The van der Waals surface area contributed by atoms with Crippen molar-refractivity contribution in [2.45, 2.75) is 5.33 Å². The Hall–Kier alpha value is -0.590. The molecule has 6 heteroatoms. The molecular weight excluding hydrogens is 442 g/mol. The van der Waals surface area contributed by atoms with Gasteiger partial charge in [0, 0.05) is 17.1 Å². The number of aromatic nitrogens is 1. The van der Waals surface area contributed by atoms with Crippen LogP contribution in [0.1, 0.15) is 5.56 Å². The minimum atomic E-state index is 0.581. The van der Waals surface area contributed by atoms with Crippen LogP contribution in [0.2, 0.25) is 0 Å². The molecule has 2 rings (SSSR count). The van der Waals surface area contributed by atoms with E-state index in [9.17, 15) is 0 Å². The molecule has 1 heterocycles. The normalized spacial score (nSPS) is 10.3. The fourth-order valence-electron chi connectivity index (χ4n) is 1.47. The van der Waals surface area contributed by atoms with Crippen LogP contribution in [-0.2, 0) is 5.33 Å². The molecule has 2 aromatic rings. The van der Waals surface area contributed by atoms with Crippen molar-refractivity contribution in [1.29, 1.82) is 0 Å². The molecule has 0 unspecified atom stereocenters. The summed E-state index contributed by atoms with van der Waals surface area (Å²) in [7, 11) is 1.62. The highest BCUT2D eigenvalue weighted by Crippen LogP contribution is 2.38. The number of rotatable bonds is 4. The fraction of sp³-hybridized carbons (Fsp3) is 0.154. The Labute approximate surface area is 136 Å². The molecule has 1 aromatic carbocycles. The Balaban J connectivity index is 2.36. The first kappa shape index (κ1) is 14.8. The second kappa shape index (κ2) is 6.72. The molecule has 0 spiro atoms. The van der Waals surface area contributed by atoms with E-state index in [-0.39, 0.29) is 0 Å². The van der Waals surface area contributed by atoms with Gasteiger partial charge in [-0.2, -0.15) is 0 Å². The molecule has 100 valence electrons. The molecule has 0 bridgehead atoms. The van der Waals surface area contributed by atoms with Gasteiger partial charge in [-0.3, -0.25) is 0 Å². The zero-order valence-corrected chi connectivity index (χ0v) is 14.7. The van der Waals surface area contributed by atoms with E-state index in [1.807, 2.05) is 24.3 Å². The quantitative estimate of drug-likeness (QED) is 0.591. The number of methoxy groups -OCH3 is 1. The van der Waals surface area contributed by atoms with Gasteiger partial charge in [0.2, 0.25) is 5.88 Å². The topological polar surface area (TPSA) is 31.4 Å². The summed E-state index contributed by atoms with van der Waals surface area (Å²) in [5, 5.41) is 0.686. The zero-order valence-electron chi connectivity index (χ0n) is 9.99. The number of halogens is 3. The van der Waals surface area contributed by atoms with Gasteiger partial charge in [-0.1, -0.05) is 22.0 Å². The number of hydrogen-bond donors (Lipinski definition) is 0. The maximum atomic E-state index is 5.84. The predicted octanol–water partition coefficient (Wildman–Crippen LogP) is 5.30. The summed E-state index contributed by atoms with van der Waals surface area (Å²) in [4.78, 5) is 4.24. The molecule has 0 aliphatic carbocycles. The third-order valence-corrected chi connectivity index (χ3v) is 4.25. The molecule has 0 radical (unpaired) electrons. The van der Waals surface area contributed by atoms with Gasteiger partial charge in [0.15, 0.2) is 0 Å². The smallest absolute Gasteiger partial charge is 0.223 e. The minimum Gasteiger partial charge on any atom is -0.496 e. The maximum absolute atomic E-state index is 5.84. The van der Waals surface area contributed by atoms with E-state index in [4.69, 9.17) is 9.47 Å². The van der Waals surface area contributed by atoms with Crippen LogP contribution in [0.15, 0.2) is 39.4 Å². The van der Waals surface area contributed by atoms with Gasteiger partial charge in [0.05, 0.1) is 16.1 Å². The van der Waals surface area contributed by atoms with E-state index in [2.05, 4.69) is 52.8 Å². The monoisotopic (exact) mass is 449 g/mol. The largest absolute Gasteiger partial charge is 0.496 e. The molecule has 0 atom stereocenters. The van der Waals surface area contributed by atoms with Crippen LogP contribution in [0.5, 0.6) is 17.4 Å². The number of hydrogen-bond acceptors (Lipinski definition) is 3. The lowest BCUT2D eigenvalue weighted by molar-refractivity contribution is 0.408. The zero-order chi connectivity index (χ0) is 13.8. The predicted molar refractivity (Wildman–Crippen MR) is 85.3 cm³/mol. The van der Waals surface area contributed by atoms with Crippen molar-refractivity contribution in [2.75, 3.05) is 7.11 Å². The van der Waals surface area contributed by atoms with Gasteiger partial charge in [-0.25, -0.2) is 4.98 Å². The molecule has 1 aromatic heterocycles.